The first-order chi connectivity index (χ1) is 5.79. The first-order valence-corrected chi connectivity index (χ1v) is 5.39. The van der Waals surface area contributed by atoms with Gasteiger partial charge in [-0.3, -0.25) is 9.59 Å². The van der Waals surface area contributed by atoms with E-state index in [0.717, 1.165) is 0 Å². The largest absolute Gasteiger partial charge is 0.294 e. The van der Waals surface area contributed by atoms with Gasteiger partial charge in [-0.05, 0) is 23.0 Å². The van der Waals surface area contributed by atoms with E-state index in [4.69, 9.17) is 0 Å². The summed E-state index contributed by atoms with van der Waals surface area (Å²) < 4.78 is 0. The monoisotopic (exact) mass is 198 g/mol. The van der Waals surface area contributed by atoms with E-state index in [1.165, 1.54) is 23.5 Å². The number of hydrogen-bond acceptors (Lipinski definition) is 4. The van der Waals surface area contributed by atoms with Crippen LogP contribution in [-0.4, -0.2) is 22.1 Å². The van der Waals surface area contributed by atoms with Crippen molar-refractivity contribution in [3.8, 4) is 0 Å². The van der Waals surface area contributed by atoms with E-state index in [9.17, 15) is 9.59 Å². The third-order valence-electron chi connectivity index (χ3n) is 1.75. The summed E-state index contributed by atoms with van der Waals surface area (Å²) in [5.41, 5.74) is 0. The van der Waals surface area contributed by atoms with Gasteiger partial charge < -0.3 is 0 Å². The molecule has 0 saturated heterocycles. The predicted octanol–water partition coefficient (Wildman–Crippen LogP) is 1.38. The van der Waals surface area contributed by atoms with Crippen LogP contribution in [0.5, 0.6) is 0 Å². The van der Waals surface area contributed by atoms with Crippen molar-refractivity contribution in [1.29, 1.82) is 0 Å². The first kappa shape index (κ1) is 8.13. The zero-order valence-corrected chi connectivity index (χ0v) is 7.73. The highest BCUT2D eigenvalue weighted by atomic mass is 32.2. The van der Waals surface area contributed by atoms with Crippen molar-refractivity contribution >= 4 is 35.1 Å². The third kappa shape index (κ3) is 1.25. The molecule has 0 fully saturated rings. The molecule has 0 bridgehead atoms. The molecule has 0 aliphatic carbocycles. The lowest BCUT2D eigenvalue weighted by Crippen LogP contribution is -2.29. The lowest BCUT2D eigenvalue weighted by Gasteiger charge is -2.12. The molecule has 2 heterocycles. The van der Waals surface area contributed by atoms with Gasteiger partial charge in [0.05, 0.1) is 10.5 Å². The molecule has 0 spiro atoms. The number of carbonyl (C=O) groups excluding carboxylic acids is 2. The second-order valence-electron chi connectivity index (χ2n) is 2.52. The molecule has 0 aromatic rings. The molecule has 0 N–H and O–H groups in total. The Morgan fingerprint density at radius 3 is 1.58 bits per heavy atom. The topological polar surface area (TPSA) is 34.1 Å². The molecular weight excluding hydrogens is 192 g/mol. The minimum atomic E-state index is -0.183. The Morgan fingerprint density at radius 2 is 1.33 bits per heavy atom. The van der Waals surface area contributed by atoms with Crippen LogP contribution >= 0.6 is 23.5 Å². The van der Waals surface area contributed by atoms with Gasteiger partial charge in [0.2, 0.25) is 0 Å². The summed E-state index contributed by atoms with van der Waals surface area (Å²) in [5, 5.41) is 3.16. The smallest absolute Gasteiger partial charge is 0.171 e. The van der Waals surface area contributed by atoms with E-state index < -0.39 is 0 Å². The van der Waals surface area contributed by atoms with Crippen molar-refractivity contribution in [2.45, 2.75) is 10.5 Å². The molecule has 2 unspecified atom stereocenters. The van der Waals surface area contributed by atoms with Gasteiger partial charge in [0, 0.05) is 0 Å². The fraction of sp³-hybridized carbons (Fsp3) is 0.250. The molecule has 62 valence electrons. The van der Waals surface area contributed by atoms with Crippen LogP contribution in [-0.2, 0) is 9.59 Å². The zero-order chi connectivity index (χ0) is 8.55. The molecule has 0 radical (unpaired) electrons. The summed E-state index contributed by atoms with van der Waals surface area (Å²) in [4.78, 5) is 22.4. The molecular formula is C8H6O2S2. The van der Waals surface area contributed by atoms with Gasteiger partial charge in [0.15, 0.2) is 11.6 Å². The summed E-state index contributed by atoms with van der Waals surface area (Å²) >= 11 is 2.88. The minimum absolute atomic E-state index is 0.0644. The minimum Gasteiger partial charge on any atom is -0.294 e. The second-order valence-corrected chi connectivity index (χ2v) is 4.63. The van der Waals surface area contributed by atoms with Gasteiger partial charge in [-0.1, -0.05) is 0 Å². The number of ketones is 2. The Balaban J connectivity index is 2.11. The molecule has 0 saturated carbocycles. The number of hydrogen-bond donors (Lipinski definition) is 0. The number of allylic oxidation sites excluding steroid dienone is 2. The number of thioether (sulfide) groups is 2. The highest BCUT2D eigenvalue weighted by Gasteiger charge is 2.35. The van der Waals surface area contributed by atoms with E-state index in [1.54, 1.807) is 23.0 Å². The van der Waals surface area contributed by atoms with E-state index >= 15 is 0 Å². The highest BCUT2D eigenvalue weighted by molar-refractivity contribution is 8.08. The molecule has 0 aromatic heterocycles. The summed E-state index contributed by atoms with van der Waals surface area (Å²) in [7, 11) is 0. The van der Waals surface area contributed by atoms with Gasteiger partial charge in [0.25, 0.3) is 0 Å². The lowest BCUT2D eigenvalue weighted by atomic mass is 10.1. The van der Waals surface area contributed by atoms with E-state index in [2.05, 4.69) is 0 Å². The van der Waals surface area contributed by atoms with Gasteiger partial charge in [-0.25, -0.2) is 0 Å². The summed E-state index contributed by atoms with van der Waals surface area (Å²) in [5.74, 6) is 0.129. The third-order valence-corrected chi connectivity index (χ3v) is 4.10. The van der Waals surface area contributed by atoms with Crippen LogP contribution in [0.2, 0.25) is 0 Å². The Hall–Kier alpha value is -0.480. The van der Waals surface area contributed by atoms with Crippen molar-refractivity contribution in [2.24, 2.45) is 0 Å². The van der Waals surface area contributed by atoms with Gasteiger partial charge in [0.1, 0.15) is 0 Å². The Bertz CT molecular complexity index is 263. The summed E-state index contributed by atoms with van der Waals surface area (Å²) in [6.07, 6.45) is 3.09. The molecule has 0 aromatic carbocycles. The van der Waals surface area contributed by atoms with Gasteiger partial charge >= 0.3 is 0 Å². The number of rotatable bonds is 1. The van der Waals surface area contributed by atoms with Crippen LogP contribution in [0.1, 0.15) is 0 Å². The van der Waals surface area contributed by atoms with Crippen molar-refractivity contribution in [1.82, 2.24) is 0 Å². The molecule has 2 aliphatic heterocycles. The van der Waals surface area contributed by atoms with Gasteiger partial charge in [-0.15, -0.1) is 23.5 Å². The zero-order valence-electron chi connectivity index (χ0n) is 6.10. The predicted molar refractivity (Wildman–Crippen MR) is 51.1 cm³/mol. The maximum Gasteiger partial charge on any atom is 0.171 e. The summed E-state index contributed by atoms with van der Waals surface area (Å²) in [6, 6.07) is 0. The van der Waals surface area contributed by atoms with Crippen LogP contribution in [0.15, 0.2) is 23.0 Å². The quantitative estimate of drug-likeness (QED) is 0.637. The molecule has 2 atom stereocenters. The Morgan fingerprint density at radius 1 is 0.917 bits per heavy atom. The van der Waals surface area contributed by atoms with Crippen molar-refractivity contribution < 1.29 is 9.59 Å². The highest BCUT2D eigenvalue weighted by Crippen LogP contribution is 2.34. The average Bonchev–Trinajstić information content (AvgIpc) is 2.59. The lowest BCUT2D eigenvalue weighted by molar-refractivity contribution is -0.118. The van der Waals surface area contributed by atoms with Crippen LogP contribution < -0.4 is 0 Å². The first-order valence-electron chi connectivity index (χ1n) is 3.51. The standard InChI is InChI=1S/C8H6O2S2/c9-5-1-3-11-7(5)8-6(10)2-4-12-8/h1-4,7-8H. The molecule has 2 nitrogen and oxygen atoms in total. The maximum absolute atomic E-state index is 11.2. The SMILES string of the molecule is O=C1C=CSC1C1SC=CC1=O. The van der Waals surface area contributed by atoms with Crippen LogP contribution in [0.3, 0.4) is 0 Å². The molecule has 2 rings (SSSR count). The maximum atomic E-state index is 11.2. The Labute approximate surface area is 78.5 Å². The summed E-state index contributed by atoms with van der Waals surface area (Å²) in [6.45, 7) is 0. The fourth-order valence-corrected chi connectivity index (χ4v) is 3.27. The normalized spacial score (nSPS) is 33.7. The van der Waals surface area contributed by atoms with Crippen LogP contribution in [0, 0.1) is 0 Å². The van der Waals surface area contributed by atoms with Crippen molar-refractivity contribution in [2.75, 3.05) is 0 Å². The Kier molecular flexibility index (Phi) is 2.11. The molecule has 4 heteroatoms. The van der Waals surface area contributed by atoms with E-state index in [1.807, 2.05) is 0 Å². The molecule has 2 aliphatic rings. The average molecular weight is 198 g/mol. The van der Waals surface area contributed by atoms with Crippen molar-refractivity contribution in [3.63, 3.8) is 0 Å². The van der Waals surface area contributed by atoms with E-state index in [-0.39, 0.29) is 22.1 Å². The number of carbonyl (C=O) groups is 2. The van der Waals surface area contributed by atoms with E-state index in [0.29, 0.717) is 0 Å². The van der Waals surface area contributed by atoms with Gasteiger partial charge in [-0.2, -0.15) is 0 Å². The second kappa shape index (κ2) is 3.11. The molecule has 12 heavy (non-hydrogen) atoms. The van der Waals surface area contributed by atoms with Crippen molar-refractivity contribution in [3.05, 3.63) is 23.0 Å². The van der Waals surface area contributed by atoms with Crippen LogP contribution in [0.4, 0.5) is 0 Å². The molecule has 0 amide bonds. The van der Waals surface area contributed by atoms with Crippen LogP contribution in [0.25, 0.3) is 0 Å². The fourth-order valence-electron chi connectivity index (χ4n) is 1.15.